The van der Waals surface area contributed by atoms with Crippen LogP contribution in [0.1, 0.15) is 29.3 Å². The molecule has 0 saturated heterocycles. The predicted octanol–water partition coefficient (Wildman–Crippen LogP) is 2.74. The van der Waals surface area contributed by atoms with Crippen molar-refractivity contribution in [2.75, 3.05) is 0 Å². The molecule has 0 fully saturated rings. The Kier molecular flexibility index (Phi) is 3.08. The maximum atomic E-state index is 12.6. The molecule has 0 spiro atoms. The van der Waals surface area contributed by atoms with Crippen molar-refractivity contribution in [3.63, 3.8) is 0 Å². The highest BCUT2D eigenvalue weighted by molar-refractivity contribution is 5.96. The first-order valence-corrected chi connectivity index (χ1v) is 4.01. The molecule has 0 aromatic heterocycles. The van der Waals surface area contributed by atoms with Gasteiger partial charge in [-0.3, -0.25) is 14.9 Å². The summed E-state index contributed by atoms with van der Waals surface area (Å²) in [6, 6.07) is 3.31. The van der Waals surface area contributed by atoms with Crippen LogP contribution in [0.4, 0.5) is 14.5 Å². The van der Waals surface area contributed by atoms with E-state index in [1.807, 2.05) is 0 Å². The molecule has 0 N–H and O–H groups in total. The van der Waals surface area contributed by atoms with E-state index in [-0.39, 0.29) is 5.56 Å². The van der Waals surface area contributed by atoms with Gasteiger partial charge in [-0.2, -0.15) is 0 Å². The number of hydrogen-bond donors (Lipinski definition) is 0. The summed E-state index contributed by atoms with van der Waals surface area (Å²) < 4.78 is 25.1. The van der Waals surface area contributed by atoms with Crippen LogP contribution in [0.3, 0.4) is 0 Å². The fraction of sp³-hybridized carbons (Fsp3) is 0.222. The van der Waals surface area contributed by atoms with E-state index in [4.69, 9.17) is 0 Å². The molecule has 1 aromatic carbocycles. The molecule has 0 aliphatic heterocycles. The van der Waals surface area contributed by atoms with Crippen molar-refractivity contribution in [2.24, 2.45) is 0 Å². The molecule has 0 saturated carbocycles. The molecule has 4 nitrogen and oxygen atoms in total. The summed E-state index contributed by atoms with van der Waals surface area (Å²) in [4.78, 5) is 20.5. The van der Waals surface area contributed by atoms with E-state index >= 15 is 0 Å². The largest absolute Gasteiger partial charge is 0.294 e. The average Bonchev–Trinajstić information content (AvgIpc) is 2.16. The average molecular weight is 215 g/mol. The number of halogens is 2. The van der Waals surface area contributed by atoms with E-state index < -0.39 is 28.4 Å². The van der Waals surface area contributed by atoms with Gasteiger partial charge in [-0.25, -0.2) is 8.78 Å². The second-order valence-corrected chi connectivity index (χ2v) is 2.85. The summed E-state index contributed by atoms with van der Waals surface area (Å²) in [6.45, 7) is 1.09. The number of alkyl halides is 2. The lowest BCUT2D eigenvalue weighted by atomic mass is 10.0. The fourth-order valence-corrected chi connectivity index (χ4v) is 1.25. The predicted molar refractivity (Wildman–Crippen MR) is 48.1 cm³/mol. The maximum absolute atomic E-state index is 12.6. The maximum Gasteiger partial charge on any atom is 0.279 e. The van der Waals surface area contributed by atoms with Crippen LogP contribution < -0.4 is 0 Å². The van der Waals surface area contributed by atoms with E-state index in [1.54, 1.807) is 0 Å². The van der Waals surface area contributed by atoms with Crippen molar-refractivity contribution in [2.45, 2.75) is 13.3 Å². The van der Waals surface area contributed by atoms with E-state index in [0.717, 1.165) is 19.1 Å². The van der Waals surface area contributed by atoms with E-state index in [1.165, 1.54) is 6.07 Å². The molecule has 0 bridgehead atoms. The third-order valence-electron chi connectivity index (χ3n) is 1.88. The van der Waals surface area contributed by atoms with Crippen LogP contribution in [0.25, 0.3) is 0 Å². The number of carbonyl (C=O) groups excluding carboxylic acids is 1. The minimum absolute atomic E-state index is 0.306. The molecule has 0 radical (unpaired) electrons. The van der Waals surface area contributed by atoms with Crippen LogP contribution in [-0.2, 0) is 0 Å². The Hall–Kier alpha value is -1.85. The lowest BCUT2D eigenvalue weighted by molar-refractivity contribution is -0.386. The normalized spacial score (nSPS) is 10.4. The van der Waals surface area contributed by atoms with Gasteiger partial charge in [0.15, 0.2) is 5.78 Å². The molecule has 80 valence electrons. The first-order valence-electron chi connectivity index (χ1n) is 4.01. The molecule has 1 aromatic rings. The van der Waals surface area contributed by atoms with Gasteiger partial charge in [0.25, 0.3) is 12.1 Å². The Morgan fingerprint density at radius 3 is 2.47 bits per heavy atom. The summed E-state index contributed by atoms with van der Waals surface area (Å²) in [5.41, 5.74) is -1.84. The number of benzene rings is 1. The molecule has 6 heteroatoms. The highest BCUT2D eigenvalue weighted by atomic mass is 19.3. The molecule has 0 aliphatic rings. The Bertz CT molecular complexity index is 386. The van der Waals surface area contributed by atoms with Crippen LogP contribution >= 0.6 is 0 Å². The topological polar surface area (TPSA) is 60.2 Å². The van der Waals surface area contributed by atoms with Crippen molar-refractivity contribution in [1.82, 2.24) is 0 Å². The summed E-state index contributed by atoms with van der Waals surface area (Å²) in [7, 11) is 0. The molecule has 0 amide bonds. The van der Waals surface area contributed by atoms with Gasteiger partial charge in [-0.05, 0) is 6.92 Å². The summed E-state index contributed by atoms with van der Waals surface area (Å²) in [6.07, 6.45) is -3.04. The number of ketones is 1. The quantitative estimate of drug-likeness (QED) is 0.442. The molecule has 0 atom stereocenters. The van der Waals surface area contributed by atoms with Gasteiger partial charge in [0.2, 0.25) is 0 Å². The Labute approximate surface area is 83.7 Å². The number of hydrogen-bond acceptors (Lipinski definition) is 3. The van der Waals surface area contributed by atoms with Crippen molar-refractivity contribution in [3.8, 4) is 0 Å². The van der Waals surface area contributed by atoms with E-state index in [9.17, 15) is 23.7 Å². The number of carbonyl (C=O) groups is 1. The number of nitro groups is 1. The third kappa shape index (κ3) is 2.15. The molecule has 0 aliphatic carbocycles. The van der Waals surface area contributed by atoms with Crippen molar-refractivity contribution in [3.05, 3.63) is 39.4 Å². The van der Waals surface area contributed by atoms with Gasteiger partial charge >= 0.3 is 0 Å². The van der Waals surface area contributed by atoms with Crippen molar-refractivity contribution >= 4 is 11.5 Å². The number of nitro benzene ring substituents is 1. The zero-order chi connectivity index (χ0) is 11.6. The summed E-state index contributed by atoms with van der Waals surface area (Å²) >= 11 is 0. The highest BCUT2D eigenvalue weighted by Gasteiger charge is 2.26. The zero-order valence-corrected chi connectivity index (χ0v) is 7.74. The van der Waals surface area contributed by atoms with Crippen LogP contribution in [0.15, 0.2) is 18.2 Å². The summed E-state index contributed by atoms with van der Waals surface area (Å²) in [5.74, 6) is -0.617. The summed E-state index contributed by atoms with van der Waals surface area (Å²) in [5, 5.41) is 10.5. The molecule has 0 unspecified atom stereocenters. The first-order chi connectivity index (χ1) is 6.95. The second-order valence-electron chi connectivity index (χ2n) is 2.85. The number of nitrogens with zero attached hydrogens (tertiary/aromatic N) is 1. The molecular weight excluding hydrogens is 208 g/mol. The minimum Gasteiger partial charge on any atom is -0.294 e. The fourth-order valence-electron chi connectivity index (χ4n) is 1.25. The molecule has 0 heterocycles. The van der Waals surface area contributed by atoms with Gasteiger partial charge in [0.1, 0.15) is 5.56 Å². The van der Waals surface area contributed by atoms with E-state index in [0.29, 0.717) is 0 Å². The second kappa shape index (κ2) is 4.12. The first kappa shape index (κ1) is 11.2. The van der Waals surface area contributed by atoms with Crippen molar-refractivity contribution < 1.29 is 18.5 Å². The van der Waals surface area contributed by atoms with Crippen LogP contribution in [0, 0.1) is 10.1 Å². The van der Waals surface area contributed by atoms with Gasteiger partial charge in [0, 0.05) is 11.6 Å². The standard InChI is InChI=1S/C9H7F2NO3/c1-5(13)6-3-2-4-7(12(14)15)8(6)9(10)11/h2-4,9H,1H3. The van der Waals surface area contributed by atoms with Crippen LogP contribution in [-0.4, -0.2) is 10.7 Å². The third-order valence-corrected chi connectivity index (χ3v) is 1.88. The molecule has 15 heavy (non-hydrogen) atoms. The zero-order valence-electron chi connectivity index (χ0n) is 7.74. The monoisotopic (exact) mass is 215 g/mol. The lowest BCUT2D eigenvalue weighted by Gasteiger charge is -2.05. The molecule has 1 rings (SSSR count). The lowest BCUT2D eigenvalue weighted by Crippen LogP contribution is -2.04. The Morgan fingerprint density at radius 1 is 1.47 bits per heavy atom. The van der Waals surface area contributed by atoms with Crippen LogP contribution in [0.2, 0.25) is 0 Å². The minimum atomic E-state index is -3.04. The van der Waals surface area contributed by atoms with Gasteiger partial charge < -0.3 is 0 Å². The smallest absolute Gasteiger partial charge is 0.279 e. The van der Waals surface area contributed by atoms with Gasteiger partial charge in [-0.15, -0.1) is 0 Å². The van der Waals surface area contributed by atoms with Crippen molar-refractivity contribution in [1.29, 1.82) is 0 Å². The van der Waals surface area contributed by atoms with Gasteiger partial charge in [-0.1, -0.05) is 12.1 Å². The number of Topliss-reactive ketones (excluding diaryl/α,β-unsaturated/α-hetero) is 1. The number of rotatable bonds is 3. The molecular formula is C9H7F2NO3. The Balaban J connectivity index is 3.48. The Morgan fingerprint density at radius 2 is 2.07 bits per heavy atom. The highest BCUT2D eigenvalue weighted by Crippen LogP contribution is 2.32. The van der Waals surface area contributed by atoms with E-state index in [2.05, 4.69) is 0 Å². The SMILES string of the molecule is CC(=O)c1cccc([N+](=O)[O-])c1C(F)F. The van der Waals surface area contributed by atoms with Gasteiger partial charge in [0.05, 0.1) is 4.92 Å². The van der Waals surface area contributed by atoms with Crippen LogP contribution in [0.5, 0.6) is 0 Å².